The number of anilines is 2. The molecule has 2 saturated heterocycles. The normalized spacial score (nSPS) is 16.9. The van der Waals surface area contributed by atoms with Crippen molar-refractivity contribution in [3.8, 4) is 17.0 Å². The molecule has 0 aliphatic carbocycles. The highest BCUT2D eigenvalue weighted by Gasteiger charge is 2.38. The van der Waals surface area contributed by atoms with Crippen LogP contribution in [0.15, 0.2) is 60.9 Å². The van der Waals surface area contributed by atoms with E-state index in [0.29, 0.717) is 41.8 Å². The van der Waals surface area contributed by atoms with Crippen molar-refractivity contribution in [3.63, 3.8) is 0 Å². The first-order chi connectivity index (χ1) is 21.9. The molecule has 2 fully saturated rings. The topological polar surface area (TPSA) is 108 Å². The Labute approximate surface area is 276 Å². The van der Waals surface area contributed by atoms with E-state index in [1.54, 1.807) is 6.20 Å². The first-order valence-corrected chi connectivity index (χ1v) is 16.7. The van der Waals surface area contributed by atoms with Gasteiger partial charge in [0.2, 0.25) is 5.88 Å². The second-order valence-corrected chi connectivity index (χ2v) is 14.3. The quantitative estimate of drug-likeness (QED) is 0.238. The lowest BCUT2D eigenvalue weighted by molar-refractivity contribution is 0.0357. The predicted octanol–water partition coefficient (Wildman–Crippen LogP) is 6.19. The number of piperazine rings is 1. The monoisotopic (exact) mass is 646 g/mol. The Morgan fingerprint density at radius 3 is 2.59 bits per heavy atom. The van der Waals surface area contributed by atoms with Gasteiger partial charge in [0.1, 0.15) is 5.00 Å². The first kappa shape index (κ1) is 33.4. The number of carbonyl (C=O) groups excluding carboxylic acids is 2. The van der Waals surface area contributed by atoms with E-state index in [-0.39, 0.29) is 11.3 Å². The number of benzene rings is 1. The van der Waals surface area contributed by atoms with E-state index in [0.717, 1.165) is 61.0 Å². The van der Waals surface area contributed by atoms with Gasteiger partial charge in [-0.05, 0) is 55.5 Å². The number of thiophene rings is 1. The molecule has 2 aromatic heterocycles. The molecule has 2 aliphatic rings. The van der Waals surface area contributed by atoms with Crippen molar-refractivity contribution in [3.05, 3.63) is 71.4 Å². The van der Waals surface area contributed by atoms with Gasteiger partial charge in [-0.1, -0.05) is 39.5 Å². The molecule has 11 heteroatoms. The fraction of sp³-hybridized carbons (Fsp3) is 0.457. The van der Waals surface area contributed by atoms with E-state index in [2.05, 4.69) is 53.2 Å². The zero-order valence-electron chi connectivity index (χ0n) is 27.6. The number of nitrogens with zero attached hydrogens (tertiary/aromatic N) is 3. The molecule has 0 unspecified atom stereocenters. The lowest BCUT2D eigenvalue weighted by atomic mass is 9.93. The lowest BCUT2D eigenvalue weighted by Gasteiger charge is -2.44. The van der Waals surface area contributed by atoms with Crippen LogP contribution in [-0.2, 0) is 10.2 Å². The van der Waals surface area contributed by atoms with Crippen LogP contribution in [-0.4, -0.2) is 84.8 Å². The van der Waals surface area contributed by atoms with Gasteiger partial charge in [-0.3, -0.25) is 15.0 Å². The Bertz CT molecular complexity index is 1540. The molecule has 0 atom stereocenters. The highest BCUT2D eigenvalue weighted by molar-refractivity contribution is 7.16. The summed E-state index contributed by atoms with van der Waals surface area (Å²) in [5, 5.41) is 9.70. The molecule has 3 aromatic rings. The maximum absolute atomic E-state index is 13.9. The van der Waals surface area contributed by atoms with E-state index in [9.17, 15) is 9.59 Å². The van der Waals surface area contributed by atoms with E-state index < -0.39 is 11.6 Å². The zero-order chi connectivity index (χ0) is 32.9. The van der Waals surface area contributed by atoms with Crippen molar-refractivity contribution in [2.75, 3.05) is 63.2 Å². The minimum atomic E-state index is -0.568. The van der Waals surface area contributed by atoms with Crippen molar-refractivity contribution < 1.29 is 19.1 Å². The number of ether oxygens (including phenoxy) is 2. The maximum atomic E-state index is 13.9. The van der Waals surface area contributed by atoms with Crippen LogP contribution >= 0.6 is 11.3 Å². The first-order valence-electron chi connectivity index (χ1n) is 15.9. The molecule has 46 heavy (non-hydrogen) atoms. The molecule has 0 saturated carbocycles. The summed E-state index contributed by atoms with van der Waals surface area (Å²) in [6.45, 7) is 20.7. The Balaban J connectivity index is 1.22. The van der Waals surface area contributed by atoms with Gasteiger partial charge in [-0.15, -0.1) is 11.3 Å². The third-order valence-electron chi connectivity index (χ3n) is 8.42. The predicted molar refractivity (Wildman–Crippen MR) is 185 cm³/mol. The number of aromatic nitrogens is 1. The molecular formula is C35H46N6O4S. The third kappa shape index (κ3) is 8.07. The van der Waals surface area contributed by atoms with Crippen LogP contribution in [0.25, 0.3) is 11.1 Å². The Hall–Kier alpha value is -3.93. The molecule has 4 heterocycles. The van der Waals surface area contributed by atoms with E-state index in [4.69, 9.17) is 9.47 Å². The second-order valence-electron chi connectivity index (χ2n) is 13.2. The number of amides is 3. The summed E-state index contributed by atoms with van der Waals surface area (Å²) in [5.41, 5.74) is 2.96. The molecule has 10 nitrogen and oxygen atoms in total. The molecular weight excluding hydrogens is 600 g/mol. The molecule has 3 amide bonds. The maximum Gasteiger partial charge on any atom is 0.324 e. The highest BCUT2D eigenvalue weighted by Crippen LogP contribution is 2.38. The molecule has 0 bridgehead atoms. The van der Waals surface area contributed by atoms with Gasteiger partial charge in [0.15, 0.2) is 0 Å². The minimum absolute atomic E-state index is 0.131. The average Bonchev–Trinajstić information content (AvgIpc) is 3.45. The van der Waals surface area contributed by atoms with Crippen molar-refractivity contribution >= 4 is 34.0 Å². The van der Waals surface area contributed by atoms with Crippen LogP contribution in [0.3, 0.4) is 0 Å². The van der Waals surface area contributed by atoms with Crippen molar-refractivity contribution in [2.45, 2.75) is 52.0 Å². The molecule has 0 radical (unpaired) electrons. The van der Waals surface area contributed by atoms with Crippen LogP contribution in [0.4, 0.5) is 15.5 Å². The van der Waals surface area contributed by atoms with Gasteiger partial charge in [-0.2, -0.15) is 0 Å². The van der Waals surface area contributed by atoms with Gasteiger partial charge in [-0.25, -0.2) is 9.78 Å². The SMILES string of the molecule is C=C1NCCN(C(=O)c2cc(C(C)(C)C)sc2NC(=O)Nc2cccc(-c3ccc(OCCCN4CCOCC4)nc3)c2)C1(C)C. The number of urea groups is 1. The number of nitrogens with one attached hydrogen (secondary N) is 3. The fourth-order valence-corrected chi connectivity index (χ4v) is 6.56. The number of pyridine rings is 1. The summed E-state index contributed by atoms with van der Waals surface area (Å²) in [7, 11) is 0. The molecule has 0 spiro atoms. The molecule has 3 N–H and O–H groups in total. The Morgan fingerprint density at radius 1 is 1.09 bits per heavy atom. The number of carbonyl (C=O) groups is 2. The number of morpholine rings is 1. The molecule has 1 aromatic carbocycles. The fourth-order valence-electron chi connectivity index (χ4n) is 5.46. The van der Waals surface area contributed by atoms with Crippen LogP contribution in [0, 0.1) is 0 Å². The molecule has 246 valence electrons. The number of hydrogen-bond acceptors (Lipinski definition) is 8. The molecule has 2 aliphatic heterocycles. The zero-order valence-corrected chi connectivity index (χ0v) is 28.4. The summed E-state index contributed by atoms with van der Waals surface area (Å²) in [6, 6.07) is 12.9. The van der Waals surface area contributed by atoms with E-state index in [1.807, 2.05) is 61.2 Å². The van der Waals surface area contributed by atoms with Crippen LogP contribution < -0.4 is 20.7 Å². The average molecular weight is 647 g/mol. The van der Waals surface area contributed by atoms with Gasteiger partial charge < -0.3 is 25.0 Å². The van der Waals surface area contributed by atoms with Crippen LogP contribution in [0.1, 0.15) is 56.3 Å². The summed E-state index contributed by atoms with van der Waals surface area (Å²) in [4.78, 5) is 36.9. The highest BCUT2D eigenvalue weighted by atomic mass is 32.1. The van der Waals surface area contributed by atoms with E-state index in [1.165, 1.54) is 11.3 Å². The number of rotatable bonds is 9. The Morgan fingerprint density at radius 2 is 1.87 bits per heavy atom. The standard InChI is InChI=1S/C35H46N6O4S/c1-24-35(5,6)41(15-13-36-24)32(42)28-22-29(34(2,3)4)46-31(28)39-33(43)38-27-10-7-9-25(21-27)26-11-12-30(37-23-26)45-18-8-14-40-16-19-44-20-17-40/h7,9-12,21-23,36H,1,8,13-20H2,2-6H3,(H2,38,39,43). The van der Waals surface area contributed by atoms with Gasteiger partial charge in [0.05, 0.1) is 30.9 Å². The van der Waals surface area contributed by atoms with Crippen LogP contribution in [0.2, 0.25) is 0 Å². The smallest absolute Gasteiger partial charge is 0.324 e. The summed E-state index contributed by atoms with van der Waals surface area (Å²) in [5.74, 6) is 0.456. The van der Waals surface area contributed by atoms with Gasteiger partial charge in [0, 0.05) is 66.8 Å². The van der Waals surface area contributed by atoms with E-state index >= 15 is 0 Å². The van der Waals surface area contributed by atoms with Crippen molar-refractivity contribution in [1.82, 2.24) is 20.1 Å². The largest absolute Gasteiger partial charge is 0.478 e. The summed E-state index contributed by atoms with van der Waals surface area (Å²) >= 11 is 1.43. The summed E-state index contributed by atoms with van der Waals surface area (Å²) in [6.07, 6.45) is 2.71. The van der Waals surface area contributed by atoms with Gasteiger partial charge in [0.25, 0.3) is 5.91 Å². The van der Waals surface area contributed by atoms with Crippen molar-refractivity contribution in [2.24, 2.45) is 0 Å². The van der Waals surface area contributed by atoms with Crippen molar-refractivity contribution in [1.29, 1.82) is 0 Å². The molecule has 5 rings (SSSR count). The Kier molecular flexibility index (Phi) is 10.3. The van der Waals surface area contributed by atoms with Crippen LogP contribution in [0.5, 0.6) is 5.88 Å². The number of hydrogen-bond donors (Lipinski definition) is 3. The minimum Gasteiger partial charge on any atom is -0.478 e. The third-order valence-corrected chi connectivity index (χ3v) is 9.90. The summed E-state index contributed by atoms with van der Waals surface area (Å²) < 4.78 is 11.3. The lowest BCUT2D eigenvalue weighted by Crippen LogP contribution is -2.58. The van der Waals surface area contributed by atoms with Gasteiger partial charge >= 0.3 is 6.03 Å². The second kappa shape index (κ2) is 14.2.